The van der Waals surface area contributed by atoms with Gasteiger partial charge >= 0.3 is 22.4 Å². The molecule has 35 heavy (non-hydrogen) atoms. The molecule has 1 saturated heterocycles. The Hall–Kier alpha value is -2.91. The lowest BCUT2D eigenvalue weighted by Gasteiger charge is -2.40. The molecule has 0 unspecified atom stereocenters. The molecule has 2 atom stereocenters. The van der Waals surface area contributed by atoms with Gasteiger partial charge in [-0.2, -0.15) is 12.7 Å². The van der Waals surface area contributed by atoms with Crippen LogP contribution in [0.5, 0.6) is 0 Å². The first-order valence-electron chi connectivity index (χ1n) is 10.4. The molecule has 0 aromatic heterocycles. The summed E-state index contributed by atoms with van der Waals surface area (Å²) in [6, 6.07) is 5.30. The smallest absolute Gasteiger partial charge is 0.425 e. The van der Waals surface area contributed by atoms with Crippen LogP contribution in [0.25, 0.3) is 0 Å². The highest BCUT2D eigenvalue weighted by Gasteiger charge is 2.52. The number of hydrogen-bond acceptors (Lipinski definition) is 9. The van der Waals surface area contributed by atoms with Crippen molar-refractivity contribution < 1.29 is 37.6 Å². The summed E-state index contributed by atoms with van der Waals surface area (Å²) in [7, 11) is -4.69. The van der Waals surface area contributed by atoms with Gasteiger partial charge < -0.3 is 9.84 Å². The van der Waals surface area contributed by atoms with Crippen LogP contribution >= 0.6 is 11.8 Å². The molecule has 0 radical (unpaired) electrons. The SMILES string of the molecule is CC(=O)S[C@@H]1CN(C(=O)O)[C@](Cc2ccc([N+](=O)[O-])cc2)(CN(C(=O)OC(C)(C)C)S(N)(=O)=O)C1. The number of nitro benzene ring substituents is 1. The molecule has 2 amide bonds. The van der Waals surface area contributed by atoms with E-state index in [0.29, 0.717) is 5.56 Å². The van der Waals surface area contributed by atoms with Gasteiger partial charge in [0.15, 0.2) is 5.12 Å². The highest BCUT2D eigenvalue weighted by molar-refractivity contribution is 8.14. The van der Waals surface area contributed by atoms with E-state index in [1.807, 2.05) is 0 Å². The van der Waals surface area contributed by atoms with Crippen LogP contribution in [-0.4, -0.2) is 74.4 Å². The average molecular weight is 533 g/mol. The van der Waals surface area contributed by atoms with Crippen LogP contribution in [0.2, 0.25) is 0 Å². The van der Waals surface area contributed by atoms with E-state index in [4.69, 9.17) is 9.88 Å². The molecule has 15 heteroatoms. The molecule has 0 spiro atoms. The maximum atomic E-state index is 12.8. The van der Waals surface area contributed by atoms with Crippen LogP contribution in [0, 0.1) is 10.1 Å². The number of carboxylic acid groups (broad SMARTS) is 1. The normalized spacial score (nSPS) is 20.4. The molecule has 13 nitrogen and oxygen atoms in total. The lowest BCUT2D eigenvalue weighted by Crippen LogP contribution is -2.59. The number of hydrogen-bond donors (Lipinski definition) is 2. The molecule has 1 aromatic carbocycles. The molecule has 0 aliphatic carbocycles. The highest BCUT2D eigenvalue weighted by atomic mass is 32.2. The fourth-order valence-corrected chi connectivity index (χ4v) is 5.67. The minimum atomic E-state index is -4.69. The lowest BCUT2D eigenvalue weighted by molar-refractivity contribution is -0.384. The Balaban J connectivity index is 2.58. The second-order valence-electron chi connectivity index (χ2n) is 9.19. The van der Waals surface area contributed by atoms with Crippen LogP contribution in [0.15, 0.2) is 24.3 Å². The summed E-state index contributed by atoms with van der Waals surface area (Å²) in [6.45, 7) is 5.11. The zero-order valence-corrected chi connectivity index (χ0v) is 21.3. The van der Waals surface area contributed by atoms with Crippen LogP contribution in [-0.2, 0) is 26.2 Å². The Morgan fingerprint density at radius 3 is 2.31 bits per heavy atom. The van der Waals surface area contributed by atoms with E-state index in [-0.39, 0.29) is 34.5 Å². The van der Waals surface area contributed by atoms with E-state index in [9.17, 15) is 38.0 Å². The summed E-state index contributed by atoms with van der Waals surface area (Å²) in [4.78, 5) is 48.1. The number of non-ortho nitro benzene ring substituents is 1. The highest BCUT2D eigenvalue weighted by Crippen LogP contribution is 2.40. The number of ether oxygens (including phenoxy) is 1. The minimum absolute atomic E-state index is 0.00928. The van der Waals surface area contributed by atoms with Gasteiger partial charge in [-0.15, -0.1) is 0 Å². The molecule has 1 fully saturated rings. The van der Waals surface area contributed by atoms with Gasteiger partial charge in [-0.25, -0.2) is 14.7 Å². The van der Waals surface area contributed by atoms with Gasteiger partial charge in [-0.1, -0.05) is 23.9 Å². The van der Waals surface area contributed by atoms with Gasteiger partial charge in [0.25, 0.3) is 5.69 Å². The third kappa shape index (κ3) is 7.53. The third-order valence-electron chi connectivity index (χ3n) is 5.15. The minimum Gasteiger partial charge on any atom is -0.465 e. The Morgan fingerprint density at radius 1 is 1.31 bits per heavy atom. The zero-order chi connectivity index (χ0) is 26.8. The van der Waals surface area contributed by atoms with Crippen LogP contribution in [0.3, 0.4) is 0 Å². The maximum Gasteiger partial charge on any atom is 0.425 e. The fraction of sp³-hybridized carbons (Fsp3) is 0.550. The Bertz CT molecular complexity index is 1100. The van der Waals surface area contributed by atoms with Crippen molar-refractivity contribution in [2.75, 3.05) is 13.1 Å². The van der Waals surface area contributed by atoms with Crippen molar-refractivity contribution in [1.29, 1.82) is 0 Å². The van der Waals surface area contributed by atoms with Crippen molar-refractivity contribution in [2.24, 2.45) is 5.14 Å². The molecular formula is C20H28N4O9S2. The zero-order valence-electron chi connectivity index (χ0n) is 19.7. The van der Waals surface area contributed by atoms with Crippen molar-refractivity contribution >= 4 is 45.0 Å². The molecule has 0 saturated carbocycles. The topological polar surface area (TPSA) is 190 Å². The van der Waals surface area contributed by atoms with Crippen LogP contribution in [0.4, 0.5) is 15.3 Å². The first-order valence-corrected chi connectivity index (χ1v) is 12.8. The number of carbonyl (C=O) groups is 3. The summed E-state index contributed by atoms with van der Waals surface area (Å²) in [5.41, 5.74) is -2.33. The van der Waals surface area contributed by atoms with Gasteiger partial charge in [0.05, 0.1) is 17.0 Å². The maximum absolute atomic E-state index is 12.8. The van der Waals surface area contributed by atoms with E-state index >= 15 is 0 Å². The van der Waals surface area contributed by atoms with Crippen molar-refractivity contribution in [3.8, 4) is 0 Å². The number of nitrogens with two attached hydrogens (primary N) is 1. The summed E-state index contributed by atoms with van der Waals surface area (Å²) in [5, 5.41) is 25.5. The van der Waals surface area contributed by atoms with Crippen molar-refractivity contribution in [2.45, 2.75) is 56.9 Å². The Kier molecular flexibility index (Phi) is 8.40. The number of thioether (sulfide) groups is 1. The Morgan fingerprint density at radius 2 is 1.89 bits per heavy atom. The summed E-state index contributed by atoms with van der Waals surface area (Å²) in [6.07, 6.45) is -2.77. The summed E-state index contributed by atoms with van der Waals surface area (Å²) < 4.78 is 30.3. The predicted molar refractivity (Wildman–Crippen MR) is 127 cm³/mol. The third-order valence-corrected chi connectivity index (χ3v) is 7.03. The number of nitro groups is 1. The predicted octanol–water partition coefficient (Wildman–Crippen LogP) is 2.35. The monoisotopic (exact) mass is 532 g/mol. The average Bonchev–Trinajstić information content (AvgIpc) is 3.01. The number of nitrogens with zero attached hydrogens (tertiary/aromatic N) is 3. The second-order valence-corrected chi connectivity index (χ2v) is 12.1. The number of carbonyl (C=O) groups excluding carboxylic acids is 2. The van der Waals surface area contributed by atoms with Gasteiger partial charge in [-0.3, -0.25) is 19.8 Å². The first-order chi connectivity index (χ1) is 15.9. The molecule has 0 bridgehead atoms. The largest absolute Gasteiger partial charge is 0.465 e. The molecule has 1 aliphatic rings. The van der Waals surface area contributed by atoms with Crippen molar-refractivity contribution in [1.82, 2.24) is 9.21 Å². The van der Waals surface area contributed by atoms with E-state index in [1.165, 1.54) is 52.0 Å². The van der Waals surface area contributed by atoms with Gasteiger partial charge in [0, 0.05) is 30.9 Å². The molecule has 1 heterocycles. The van der Waals surface area contributed by atoms with Gasteiger partial charge in [-0.05, 0) is 39.2 Å². The molecule has 194 valence electrons. The van der Waals surface area contributed by atoms with Gasteiger partial charge in [0.2, 0.25) is 0 Å². The van der Waals surface area contributed by atoms with Gasteiger partial charge in [0.1, 0.15) is 5.60 Å². The molecule has 1 aromatic rings. The van der Waals surface area contributed by atoms with E-state index in [0.717, 1.165) is 16.7 Å². The summed E-state index contributed by atoms with van der Waals surface area (Å²) >= 11 is 0.907. The molecule has 1 aliphatic heterocycles. The number of rotatable bonds is 7. The standard InChI is InChI=1S/C20H28N4O9S2/c1-13(25)34-16-10-20(22(11-16)17(26)27,9-14-5-7-15(8-6-14)24(29)30)12-23(35(21,31)32)18(28)33-19(2,3)4/h5-8,16H,9-12H2,1-4H3,(H,26,27)(H2,21,31,32)/t16-,20-/m0/s1. The Labute approximate surface area is 206 Å². The first kappa shape index (κ1) is 28.3. The summed E-state index contributed by atoms with van der Waals surface area (Å²) in [5.74, 6) is 0. The van der Waals surface area contributed by atoms with E-state index in [2.05, 4.69) is 0 Å². The van der Waals surface area contributed by atoms with Crippen LogP contribution in [0.1, 0.15) is 39.7 Å². The number of likely N-dealkylation sites (tertiary alicyclic amines) is 1. The van der Waals surface area contributed by atoms with E-state index < -0.39 is 50.3 Å². The van der Waals surface area contributed by atoms with E-state index in [1.54, 1.807) is 0 Å². The molecule has 3 N–H and O–H groups in total. The number of benzene rings is 1. The quantitative estimate of drug-likeness (QED) is 0.389. The second kappa shape index (κ2) is 10.4. The van der Waals surface area contributed by atoms with Crippen molar-refractivity contribution in [3.05, 3.63) is 39.9 Å². The van der Waals surface area contributed by atoms with Crippen molar-refractivity contribution in [3.63, 3.8) is 0 Å². The molecular weight excluding hydrogens is 504 g/mol. The lowest BCUT2D eigenvalue weighted by atomic mass is 9.87. The fourth-order valence-electron chi connectivity index (χ4n) is 3.92. The number of amides is 2. The molecule has 2 rings (SSSR count). The van der Waals surface area contributed by atoms with Crippen LogP contribution < -0.4 is 5.14 Å².